The number of nitrogens with zero attached hydrogens (tertiary/aromatic N) is 4. The molecule has 0 spiro atoms. The summed E-state index contributed by atoms with van der Waals surface area (Å²) in [4.78, 5) is 13.7. The Balaban J connectivity index is 2.15. The predicted molar refractivity (Wildman–Crippen MR) is 97.7 cm³/mol. The Bertz CT molecular complexity index is 901. The van der Waals surface area contributed by atoms with Crippen molar-refractivity contribution in [3.8, 4) is 18.2 Å². The fourth-order valence-electron chi connectivity index (χ4n) is 4.00. The van der Waals surface area contributed by atoms with Crippen LogP contribution in [0, 0.1) is 56.7 Å². The molecular weight excluding hydrogens is 362 g/mol. The number of thiophene rings is 1. The lowest BCUT2D eigenvalue weighted by atomic mass is 9.54. The van der Waals surface area contributed by atoms with Crippen LogP contribution in [0.2, 0.25) is 0 Å². The molecule has 0 radical (unpaired) electrons. The minimum absolute atomic E-state index is 0.182. The predicted octanol–water partition coefficient (Wildman–Crippen LogP) is 3.05. The van der Waals surface area contributed by atoms with E-state index in [1.807, 2.05) is 29.0 Å². The van der Waals surface area contributed by atoms with Crippen molar-refractivity contribution in [2.75, 3.05) is 19.7 Å². The molecule has 0 aromatic carbocycles. The second kappa shape index (κ2) is 7.23. The molecule has 1 amide bonds. The van der Waals surface area contributed by atoms with Crippen LogP contribution in [0.15, 0.2) is 28.5 Å². The summed E-state index contributed by atoms with van der Waals surface area (Å²) < 4.78 is 5.09. The molecule has 1 N–H and O–H groups in total. The Hall–Kier alpha value is -3.15. The van der Waals surface area contributed by atoms with Crippen LogP contribution in [0.4, 0.5) is 4.79 Å². The third kappa shape index (κ3) is 2.77. The first-order valence-corrected chi connectivity index (χ1v) is 9.43. The first-order valence-electron chi connectivity index (χ1n) is 8.48. The number of amides is 1. The summed E-state index contributed by atoms with van der Waals surface area (Å²) in [6.45, 7) is 2.48. The van der Waals surface area contributed by atoms with E-state index in [4.69, 9.17) is 10.1 Å². The van der Waals surface area contributed by atoms with Crippen LogP contribution < -0.4 is 0 Å². The highest BCUT2D eigenvalue weighted by Crippen LogP contribution is 2.53. The zero-order valence-corrected chi connectivity index (χ0v) is 15.5. The molecule has 1 saturated carbocycles. The van der Waals surface area contributed by atoms with E-state index in [0.29, 0.717) is 5.57 Å². The lowest BCUT2D eigenvalue weighted by Gasteiger charge is -2.47. The maximum atomic E-state index is 12.2. The number of hydrogen-bond acceptors (Lipinski definition) is 7. The molecule has 0 saturated heterocycles. The van der Waals surface area contributed by atoms with Crippen molar-refractivity contribution in [3.05, 3.63) is 34.0 Å². The topological polar surface area (TPSA) is 125 Å². The van der Waals surface area contributed by atoms with Gasteiger partial charge >= 0.3 is 6.09 Å². The summed E-state index contributed by atoms with van der Waals surface area (Å²) in [7, 11) is 0. The van der Waals surface area contributed by atoms with E-state index < -0.39 is 29.3 Å². The lowest BCUT2D eigenvalue weighted by Crippen LogP contribution is -2.53. The van der Waals surface area contributed by atoms with Crippen LogP contribution in [0.25, 0.3) is 0 Å². The van der Waals surface area contributed by atoms with E-state index in [9.17, 15) is 20.6 Å². The Labute approximate surface area is 161 Å². The molecule has 3 rings (SSSR count). The van der Waals surface area contributed by atoms with Crippen molar-refractivity contribution in [2.45, 2.75) is 12.8 Å². The van der Waals surface area contributed by atoms with E-state index in [0.717, 1.165) is 5.56 Å². The maximum absolute atomic E-state index is 12.2. The molecule has 8 heteroatoms. The van der Waals surface area contributed by atoms with Gasteiger partial charge in [-0.25, -0.2) is 4.79 Å². The van der Waals surface area contributed by atoms with Gasteiger partial charge in [0, 0.05) is 24.9 Å². The summed E-state index contributed by atoms with van der Waals surface area (Å²) in [6, 6.07) is 7.97. The van der Waals surface area contributed by atoms with E-state index >= 15 is 0 Å². The number of nitrogens with one attached hydrogen (secondary N) is 1. The number of nitriles is 3. The molecular formula is C19H17N5O2S. The van der Waals surface area contributed by atoms with Crippen molar-refractivity contribution < 1.29 is 9.53 Å². The second-order valence-corrected chi connectivity index (χ2v) is 7.24. The van der Waals surface area contributed by atoms with E-state index in [-0.39, 0.29) is 25.4 Å². The Morgan fingerprint density at radius 1 is 1.44 bits per heavy atom. The zero-order chi connectivity index (χ0) is 19.6. The minimum Gasteiger partial charge on any atom is -0.450 e. The van der Waals surface area contributed by atoms with Crippen LogP contribution in [-0.2, 0) is 4.74 Å². The fourth-order valence-corrected chi connectivity index (χ4v) is 4.70. The standard InChI is InChI=1S/C19H17N5O2S/c1-2-26-18(25)24-5-3-13-14(7-20)17(23)19(10-21,11-22)16(15(13)8-24)12-4-6-27-9-12/h3-4,6,9,14-16,23H,2,5,8H2,1H3/t14?,15-,16+/m1/s1. The molecule has 1 aromatic rings. The molecule has 2 heterocycles. The van der Waals surface area contributed by atoms with Crippen molar-refractivity contribution in [1.29, 1.82) is 21.2 Å². The van der Waals surface area contributed by atoms with Gasteiger partial charge in [0.2, 0.25) is 0 Å². The normalized spacial score (nSPS) is 26.0. The van der Waals surface area contributed by atoms with Gasteiger partial charge in [0.15, 0.2) is 5.41 Å². The molecule has 1 aliphatic carbocycles. The molecule has 0 bridgehead atoms. The van der Waals surface area contributed by atoms with E-state index in [1.54, 1.807) is 13.0 Å². The Morgan fingerprint density at radius 3 is 2.74 bits per heavy atom. The number of ether oxygens (including phenoxy) is 1. The van der Waals surface area contributed by atoms with Gasteiger partial charge in [-0.2, -0.15) is 27.1 Å². The van der Waals surface area contributed by atoms with Crippen molar-refractivity contribution in [2.24, 2.45) is 17.3 Å². The summed E-state index contributed by atoms with van der Waals surface area (Å²) >= 11 is 1.44. The number of carbonyl (C=O) groups is 1. The quantitative estimate of drug-likeness (QED) is 0.791. The van der Waals surface area contributed by atoms with Gasteiger partial charge in [-0.1, -0.05) is 6.08 Å². The second-order valence-electron chi connectivity index (χ2n) is 6.46. The average Bonchev–Trinajstić information content (AvgIpc) is 3.21. The van der Waals surface area contributed by atoms with Crippen molar-refractivity contribution >= 4 is 23.1 Å². The third-order valence-corrected chi connectivity index (χ3v) is 5.92. The highest BCUT2D eigenvalue weighted by atomic mass is 32.1. The van der Waals surface area contributed by atoms with Gasteiger partial charge in [-0.15, -0.1) is 0 Å². The number of carbonyl (C=O) groups excluding carboxylic acids is 1. The average molecular weight is 379 g/mol. The first-order chi connectivity index (χ1) is 13.0. The van der Waals surface area contributed by atoms with Gasteiger partial charge in [-0.3, -0.25) is 0 Å². The molecule has 136 valence electrons. The minimum atomic E-state index is -1.75. The molecule has 1 aliphatic heterocycles. The molecule has 2 aliphatic rings. The number of rotatable bonds is 2. The SMILES string of the molecule is CCOC(=O)N1CC=C2C(C#N)C(=N)C(C#N)(C#N)[C@@H](c3ccsc3)[C@@H]2C1. The largest absolute Gasteiger partial charge is 0.450 e. The first kappa shape index (κ1) is 18.6. The summed E-state index contributed by atoms with van der Waals surface area (Å²) in [5, 5.41) is 41.7. The molecule has 1 fully saturated rings. The van der Waals surface area contributed by atoms with Gasteiger partial charge in [0.05, 0.1) is 30.5 Å². The number of hydrogen-bond donors (Lipinski definition) is 1. The van der Waals surface area contributed by atoms with Gasteiger partial charge in [-0.05, 0) is 34.9 Å². The monoisotopic (exact) mass is 379 g/mol. The van der Waals surface area contributed by atoms with E-state index in [1.165, 1.54) is 16.2 Å². The summed E-state index contributed by atoms with van der Waals surface area (Å²) in [5.74, 6) is -1.97. The zero-order valence-electron chi connectivity index (χ0n) is 14.7. The van der Waals surface area contributed by atoms with Gasteiger partial charge in [0.1, 0.15) is 5.92 Å². The summed E-state index contributed by atoms with van der Waals surface area (Å²) in [6.07, 6.45) is 1.30. The van der Waals surface area contributed by atoms with Crippen LogP contribution in [0.3, 0.4) is 0 Å². The fraction of sp³-hybridized carbons (Fsp3) is 0.421. The van der Waals surface area contributed by atoms with Crippen LogP contribution >= 0.6 is 11.3 Å². The molecule has 27 heavy (non-hydrogen) atoms. The van der Waals surface area contributed by atoms with Crippen LogP contribution in [0.1, 0.15) is 18.4 Å². The Morgan fingerprint density at radius 2 is 2.19 bits per heavy atom. The number of fused-ring (bicyclic) bond motifs is 1. The van der Waals surface area contributed by atoms with Gasteiger partial charge in [0.25, 0.3) is 0 Å². The lowest BCUT2D eigenvalue weighted by molar-refractivity contribution is 0.0992. The highest BCUT2D eigenvalue weighted by Gasteiger charge is 2.58. The van der Waals surface area contributed by atoms with E-state index in [2.05, 4.69) is 6.07 Å². The maximum Gasteiger partial charge on any atom is 0.410 e. The van der Waals surface area contributed by atoms with Crippen molar-refractivity contribution in [1.82, 2.24) is 4.90 Å². The van der Waals surface area contributed by atoms with Crippen molar-refractivity contribution in [3.63, 3.8) is 0 Å². The molecule has 3 atom stereocenters. The summed E-state index contributed by atoms with van der Waals surface area (Å²) in [5.41, 5.74) is -0.453. The van der Waals surface area contributed by atoms with Crippen LogP contribution in [-0.4, -0.2) is 36.4 Å². The molecule has 1 unspecified atom stereocenters. The molecule has 1 aromatic heterocycles. The Kier molecular flexibility index (Phi) is 4.99. The molecule has 7 nitrogen and oxygen atoms in total. The van der Waals surface area contributed by atoms with Crippen LogP contribution in [0.5, 0.6) is 0 Å². The highest BCUT2D eigenvalue weighted by molar-refractivity contribution is 7.08. The third-order valence-electron chi connectivity index (χ3n) is 5.22. The smallest absolute Gasteiger partial charge is 0.410 e. The van der Waals surface area contributed by atoms with Gasteiger partial charge < -0.3 is 15.0 Å².